The molecule has 0 saturated carbocycles. The molecule has 1 aliphatic heterocycles. The van der Waals surface area contributed by atoms with Crippen LogP contribution in [0.3, 0.4) is 0 Å². The number of Topliss-reactive ketones (excluding diaryl/α,β-unsaturated/α-hetero) is 1. The van der Waals surface area contributed by atoms with E-state index in [-0.39, 0.29) is 17.3 Å². The van der Waals surface area contributed by atoms with Gasteiger partial charge in [-0.2, -0.15) is 0 Å². The van der Waals surface area contributed by atoms with Gasteiger partial charge < -0.3 is 19.6 Å². The van der Waals surface area contributed by atoms with Gasteiger partial charge in [0.2, 0.25) is 5.95 Å². The number of ketones is 1. The maximum absolute atomic E-state index is 13.3. The number of carbonyl (C=O) groups excluding carboxylic acids is 2. The average Bonchev–Trinajstić information content (AvgIpc) is 3.58. The van der Waals surface area contributed by atoms with Crippen LogP contribution in [0.4, 0.5) is 5.95 Å². The van der Waals surface area contributed by atoms with E-state index in [0.29, 0.717) is 28.1 Å². The van der Waals surface area contributed by atoms with Gasteiger partial charge in [-0.15, -0.1) is 11.3 Å². The van der Waals surface area contributed by atoms with Crippen LogP contribution < -0.4 is 14.4 Å². The van der Waals surface area contributed by atoms with Gasteiger partial charge in [0, 0.05) is 27.0 Å². The number of thiophene rings is 1. The molecule has 2 aromatic carbocycles. The van der Waals surface area contributed by atoms with Crippen molar-refractivity contribution in [3.05, 3.63) is 73.9 Å². The van der Waals surface area contributed by atoms with Crippen LogP contribution in [0.25, 0.3) is 16.8 Å². The number of nitrogens with zero attached hydrogens (tertiary/aromatic N) is 2. The maximum Gasteiger partial charge on any atom is 0.302 e. The summed E-state index contributed by atoms with van der Waals surface area (Å²) < 4.78 is 11.6. The number of aliphatic hydroxyl groups is 1. The van der Waals surface area contributed by atoms with Crippen molar-refractivity contribution in [1.82, 2.24) is 9.97 Å². The van der Waals surface area contributed by atoms with Gasteiger partial charge in [0.05, 0.1) is 30.8 Å². The van der Waals surface area contributed by atoms with Gasteiger partial charge in [0.1, 0.15) is 11.8 Å². The highest BCUT2D eigenvalue weighted by atomic mass is 79.9. The van der Waals surface area contributed by atoms with E-state index in [1.54, 1.807) is 30.3 Å². The molecule has 0 spiro atoms. The van der Waals surface area contributed by atoms with Gasteiger partial charge in [-0.25, -0.2) is 4.98 Å². The SMILES string of the molecule is COc1cc2nc(N3C(=O)C(=O)/C(=C(/O)c4ccc(Br)c(C)c4)C3c3cccs3)[nH]c2cc1OC. The molecule has 0 bridgehead atoms. The van der Waals surface area contributed by atoms with Crippen LogP contribution in [0, 0.1) is 6.92 Å². The fourth-order valence-corrected chi connectivity index (χ4v) is 5.22. The lowest BCUT2D eigenvalue weighted by molar-refractivity contribution is -0.132. The Balaban J connectivity index is 1.70. The van der Waals surface area contributed by atoms with Crippen molar-refractivity contribution < 1.29 is 24.2 Å². The second-order valence-corrected chi connectivity index (χ2v) is 9.77. The Bertz CT molecular complexity index is 1470. The van der Waals surface area contributed by atoms with E-state index in [1.807, 2.05) is 24.4 Å². The second kappa shape index (κ2) is 8.86. The predicted molar refractivity (Wildman–Crippen MR) is 137 cm³/mol. The van der Waals surface area contributed by atoms with Gasteiger partial charge in [0.15, 0.2) is 11.5 Å². The van der Waals surface area contributed by atoms with E-state index in [2.05, 4.69) is 25.9 Å². The molecule has 5 rings (SSSR count). The number of H-pyrrole nitrogens is 1. The number of rotatable bonds is 5. The molecule has 35 heavy (non-hydrogen) atoms. The topological polar surface area (TPSA) is 105 Å². The number of imidazole rings is 1. The quantitative estimate of drug-likeness (QED) is 0.196. The Kier molecular flexibility index (Phi) is 5.86. The smallest absolute Gasteiger partial charge is 0.302 e. The monoisotopic (exact) mass is 553 g/mol. The number of fused-ring (bicyclic) bond motifs is 1. The molecule has 4 aromatic rings. The minimum Gasteiger partial charge on any atom is -0.507 e. The van der Waals surface area contributed by atoms with Crippen molar-refractivity contribution in [2.45, 2.75) is 13.0 Å². The first-order valence-electron chi connectivity index (χ1n) is 10.6. The zero-order valence-corrected chi connectivity index (χ0v) is 21.4. The highest BCUT2D eigenvalue weighted by Crippen LogP contribution is 2.44. The van der Waals surface area contributed by atoms with Gasteiger partial charge >= 0.3 is 5.91 Å². The number of hydrogen-bond donors (Lipinski definition) is 2. The number of amides is 1. The number of nitrogens with one attached hydrogen (secondary N) is 1. The number of hydrogen-bond acceptors (Lipinski definition) is 7. The molecular formula is C25H20BrN3O5S. The zero-order valence-electron chi connectivity index (χ0n) is 19.0. The molecule has 0 radical (unpaired) electrons. The number of anilines is 1. The van der Waals surface area contributed by atoms with Crippen molar-refractivity contribution >= 4 is 61.7 Å². The van der Waals surface area contributed by atoms with E-state index in [1.165, 1.54) is 30.5 Å². The summed E-state index contributed by atoms with van der Waals surface area (Å²) in [5, 5.41) is 13.1. The van der Waals surface area contributed by atoms with Gasteiger partial charge in [-0.05, 0) is 36.1 Å². The van der Waals surface area contributed by atoms with Crippen LogP contribution in [-0.4, -0.2) is 41.0 Å². The Morgan fingerprint density at radius 2 is 1.89 bits per heavy atom. The fraction of sp³-hybridized carbons (Fsp3) is 0.160. The fourth-order valence-electron chi connectivity index (χ4n) is 4.15. The molecule has 178 valence electrons. The molecule has 2 N–H and O–H groups in total. The number of aromatic nitrogens is 2. The van der Waals surface area contributed by atoms with Crippen LogP contribution in [0.1, 0.15) is 22.0 Å². The van der Waals surface area contributed by atoms with E-state index in [9.17, 15) is 14.7 Å². The molecule has 8 nitrogen and oxygen atoms in total. The molecule has 10 heteroatoms. The first kappa shape index (κ1) is 23.1. The highest BCUT2D eigenvalue weighted by molar-refractivity contribution is 9.10. The van der Waals surface area contributed by atoms with Crippen LogP contribution in [0.15, 0.2) is 57.9 Å². The normalized spacial score (nSPS) is 17.4. The van der Waals surface area contributed by atoms with Crippen molar-refractivity contribution in [3.8, 4) is 11.5 Å². The largest absolute Gasteiger partial charge is 0.507 e. The van der Waals surface area contributed by atoms with E-state index in [0.717, 1.165) is 14.9 Å². The summed E-state index contributed by atoms with van der Waals surface area (Å²) in [6.07, 6.45) is 0. The number of aryl methyl sites for hydroxylation is 1. The van der Waals surface area contributed by atoms with Crippen molar-refractivity contribution in [3.63, 3.8) is 0 Å². The number of methoxy groups -OCH3 is 2. The third-order valence-electron chi connectivity index (χ3n) is 5.89. The summed E-state index contributed by atoms with van der Waals surface area (Å²) in [6, 6.07) is 11.5. The van der Waals surface area contributed by atoms with Crippen molar-refractivity contribution in [1.29, 1.82) is 0 Å². The molecule has 1 saturated heterocycles. The summed E-state index contributed by atoms with van der Waals surface area (Å²) in [7, 11) is 3.05. The number of carbonyl (C=O) groups is 2. The molecule has 1 unspecified atom stereocenters. The summed E-state index contributed by atoms with van der Waals surface area (Å²) >= 11 is 4.83. The molecule has 0 aliphatic carbocycles. The van der Waals surface area contributed by atoms with E-state index >= 15 is 0 Å². The molecule has 1 aliphatic rings. The van der Waals surface area contributed by atoms with Crippen LogP contribution >= 0.6 is 27.3 Å². The van der Waals surface area contributed by atoms with Crippen molar-refractivity contribution in [2.75, 3.05) is 19.1 Å². The third-order valence-corrected chi connectivity index (χ3v) is 7.71. The van der Waals surface area contributed by atoms with E-state index < -0.39 is 17.7 Å². The number of ether oxygens (including phenoxy) is 2. The summed E-state index contributed by atoms with van der Waals surface area (Å²) in [4.78, 5) is 36.3. The van der Waals surface area contributed by atoms with Gasteiger partial charge in [-0.3, -0.25) is 14.5 Å². The molecular weight excluding hydrogens is 534 g/mol. The first-order chi connectivity index (χ1) is 16.8. The number of aliphatic hydroxyl groups excluding tert-OH is 1. The average molecular weight is 554 g/mol. The lowest BCUT2D eigenvalue weighted by atomic mass is 9.99. The van der Waals surface area contributed by atoms with Crippen LogP contribution in [0.2, 0.25) is 0 Å². The highest BCUT2D eigenvalue weighted by Gasteiger charge is 2.48. The van der Waals surface area contributed by atoms with Gasteiger partial charge in [0.25, 0.3) is 5.78 Å². The summed E-state index contributed by atoms with van der Waals surface area (Å²) in [5.74, 6) is -0.631. The molecule has 1 amide bonds. The number of halogens is 1. The zero-order chi connectivity index (χ0) is 24.9. The minimum atomic E-state index is -0.844. The van der Waals surface area contributed by atoms with Crippen LogP contribution in [0.5, 0.6) is 11.5 Å². The Morgan fingerprint density at radius 3 is 2.54 bits per heavy atom. The Morgan fingerprint density at radius 1 is 1.14 bits per heavy atom. The first-order valence-corrected chi connectivity index (χ1v) is 12.2. The Labute approximate surface area is 212 Å². The molecule has 1 atom stereocenters. The van der Waals surface area contributed by atoms with E-state index in [4.69, 9.17) is 9.47 Å². The number of aromatic amines is 1. The standard InChI is InChI=1S/C25H20BrN3O5S/c1-12-9-13(6-7-14(12)26)22(30)20-21(19-5-4-8-35-19)29(24(32)23(20)31)25-27-15-10-17(33-2)18(34-3)11-16(15)28-25/h4-11,21,30H,1-3H3,(H,27,28)/b22-20+. The van der Waals surface area contributed by atoms with Crippen LogP contribution in [-0.2, 0) is 9.59 Å². The lowest BCUT2D eigenvalue weighted by Gasteiger charge is -2.21. The summed E-state index contributed by atoms with van der Waals surface area (Å²) in [5.41, 5.74) is 2.48. The second-order valence-electron chi connectivity index (χ2n) is 7.93. The minimum absolute atomic E-state index is 0.00906. The number of benzene rings is 2. The maximum atomic E-state index is 13.3. The van der Waals surface area contributed by atoms with Crippen molar-refractivity contribution in [2.24, 2.45) is 0 Å². The molecule has 3 heterocycles. The Hall–Kier alpha value is -3.63. The third kappa shape index (κ3) is 3.78. The molecule has 1 fully saturated rings. The predicted octanol–water partition coefficient (Wildman–Crippen LogP) is 5.34. The summed E-state index contributed by atoms with van der Waals surface area (Å²) in [6.45, 7) is 1.88. The molecule has 2 aromatic heterocycles. The lowest BCUT2D eigenvalue weighted by Crippen LogP contribution is -2.30. The van der Waals surface area contributed by atoms with Gasteiger partial charge in [-0.1, -0.05) is 28.1 Å².